The van der Waals surface area contributed by atoms with Gasteiger partial charge in [-0.2, -0.15) is 0 Å². The van der Waals surface area contributed by atoms with Crippen molar-refractivity contribution in [3.05, 3.63) is 35.0 Å². The van der Waals surface area contributed by atoms with E-state index in [0.717, 1.165) is 5.41 Å². The van der Waals surface area contributed by atoms with Gasteiger partial charge >= 0.3 is 6.09 Å². The highest BCUT2D eigenvalue weighted by Gasteiger charge is 2.33. The second kappa shape index (κ2) is 6.47. The van der Waals surface area contributed by atoms with Crippen LogP contribution in [-0.2, 0) is 19.4 Å². The Hall–Kier alpha value is -2.42. The molecule has 1 fully saturated rings. The number of allylic oxidation sites excluding steroid dienone is 1. The van der Waals surface area contributed by atoms with Gasteiger partial charge in [0.2, 0.25) is 5.91 Å². The van der Waals surface area contributed by atoms with Crippen LogP contribution in [0.5, 0.6) is 0 Å². The lowest BCUT2D eigenvalue weighted by Crippen LogP contribution is -2.33. The van der Waals surface area contributed by atoms with Crippen molar-refractivity contribution >= 4 is 33.1 Å². The summed E-state index contributed by atoms with van der Waals surface area (Å²) in [5, 5.41) is 3.66. The van der Waals surface area contributed by atoms with Crippen LogP contribution in [0.25, 0.3) is 5.57 Å². The van der Waals surface area contributed by atoms with Crippen molar-refractivity contribution in [2.75, 3.05) is 23.7 Å². The van der Waals surface area contributed by atoms with Crippen LogP contribution in [-0.4, -0.2) is 45.4 Å². The molecule has 3 rings (SSSR count). The maximum atomic E-state index is 14.4. The zero-order chi connectivity index (χ0) is 18.2. The fourth-order valence-corrected chi connectivity index (χ4v) is 4.11. The average molecular weight is 368 g/mol. The average Bonchev–Trinajstić information content (AvgIpc) is 3.07. The largest absolute Gasteiger partial charge is 0.442 e. The fourth-order valence-electron chi connectivity index (χ4n) is 2.81. The van der Waals surface area contributed by atoms with Crippen LogP contribution >= 0.6 is 0 Å². The van der Waals surface area contributed by atoms with E-state index in [4.69, 9.17) is 4.74 Å². The van der Waals surface area contributed by atoms with Gasteiger partial charge in [0.05, 0.1) is 24.5 Å². The third kappa shape index (κ3) is 3.81. The molecule has 0 saturated carbocycles. The van der Waals surface area contributed by atoms with Crippen molar-refractivity contribution < 1.29 is 27.1 Å². The minimum absolute atomic E-state index is 0.0210. The quantitative estimate of drug-likeness (QED) is 0.868. The van der Waals surface area contributed by atoms with Crippen LogP contribution in [0.15, 0.2) is 23.6 Å². The van der Waals surface area contributed by atoms with E-state index < -0.39 is 27.9 Å². The fraction of sp³-hybridized carbons (Fsp3) is 0.375. The smallest absolute Gasteiger partial charge is 0.414 e. The number of cyclic esters (lactones) is 1. The lowest BCUT2D eigenvalue weighted by atomic mass is 10.0. The number of rotatable bonds is 4. The van der Waals surface area contributed by atoms with Gasteiger partial charge in [0.1, 0.15) is 11.9 Å². The first-order valence-electron chi connectivity index (χ1n) is 7.71. The Morgan fingerprint density at radius 1 is 1.44 bits per heavy atom. The first-order chi connectivity index (χ1) is 11.7. The van der Waals surface area contributed by atoms with Crippen LogP contribution in [0.1, 0.15) is 18.9 Å². The maximum absolute atomic E-state index is 14.4. The Morgan fingerprint density at radius 2 is 2.20 bits per heavy atom. The van der Waals surface area contributed by atoms with Crippen molar-refractivity contribution in [3.63, 3.8) is 0 Å². The molecule has 134 valence electrons. The predicted molar refractivity (Wildman–Crippen MR) is 89.1 cm³/mol. The summed E-state index contributed by atoms with van der Waals surface area (Å²) in [5.74, 6) is -0.851. The molecule has 1 atom stereocenters. The molecule has 9 heteroatoms. The predicted octanol–water partition coefficient (Wildman–Crippen LogP) is 1.45. The van der Waals surface area contributed by atoms with Crippen LogP contribution in [0, 0.1) is 5.82 Å². The second-order valence-electron chi connectivity index (χ2n) is 5.98. The summed E-state index contributed by atoms with van der Waals surface area (Å²) in [4.78, 5) is 24.1. The highest BCUT2D eigenvalue weighted by Crippen LogP contribution is 2.31. The Balaban J connectivity index is 1.77. The number of sulfone groups is 1. The Morgan fingerprint density at radius 3 is 2.80 bits per heavy atom. The molecular formula is C16H17FN2O5S. The third-order valence-corrected chi connectivity index (χ3v) is 5.46. The number of carbonyl (C=O) groups is 2. The number of amides is 2. The van der Waals surface area contributed by atoms with Gasteiger partial charge in [0, 0.05) is 17.9 Å². The van der Waals surface area contributed by atoms with Crippen molar-refractivity contribution in [3.8, 4) is 0 Å². The normalized spacial score (nSPS) is 21.8. The van der Waals surface area contributed by atoms with Crippen molar-refractivity contribution in [1.29, 1.82) is 0 Å². The van der Waals surface area contributed by atoms with E-state index in [1.165, 1.54) is 24.0 Å². The number of anilines is 1. The van der Waals surface area contributed by atoms with Crippen molar-refractivity contribution in [1.82, 2.24) is 5.32 Å². The van der Waals surface area contributed by atoms with E-state index in [-0.39, 0.29) is 36.7 Å². The summed E-state index contributed by atoms with van der Waals surface area (Å²) in [5.41, 5.74) is 0.960. The molecule has 2 aliphatic heterocycles. The Bertz CT molecular complexity index is 865. The van der Waals surface area contributed by atoms with E-state index in [0.29, 0.717) is 11.3 Å². The molecule has 0 aliphatic carbocycles. The van der Waals surface area contributed by atoms with E-state index in [9.17, 15) is 22.4 Å². The Labute approximate surface area is 144 Å². The van der Waals surface area contributed by atoms with Gasteiger partial charge in [-0.05, 0) is 30.2 Å². The van der Waals surface area contributed by atoms with E-state index in [2.05, 4.69) is 5.32 Å². The number of carbonyl (C=O) groups excluding carboxylic acids is 2. The first-order valence-corrected chi connectivity index (χ1v) is 9.42. The molecule has 7 nitrogen and oxygen atoms in total. The van der Waals surface area contributed by atoms with Gasteiger partial charge in [-0.15, -0.1) is 0 Å². The molecule has 2 heterocycles. The minimum Gasteiger partial charge on any atom is -0.442 e. The highest BCUT2D eigenvalue weighted by molar-refractivity contribution is 7.94. The van der Waals surface area contributed by atoms with E-state index in [1.54, 1.807) is 6.07 Å². The summed E-state index contributed by atoms with van der Waals surface area (Å²) >= 11 is 0. The van der Waals surface area contributed by atoms with Gasteiger partial charge in [-0.3, -0.25) is 9.69 Å². The maximum Gasteiger partial charge on any atom is 0.414 e. The number of halogens is 1. The third-order valence-electron chi connectivity index (χ3n) is 4.04. The van der Waals surface area contributed by atoms with E-state index >= 15 is 0 Å². The second-order valence-corrected chi connectivity index (χ2v) is 7.95. The van der Waals surface area contributed by atoms with Crippen LogP contribution in [0.3, 0.4) is 0 Å². The summed E-state index contributed by atoms with van der Waals surface area (Å²) in [6.07, 6.45) is -0.865. The number of nitrogens with one attached hydrogen (secondary N) is 1. The summed E-state index contributed by atoms with van der Waals surface area (Å²) in [6.45, 7) is 1.73. The lowest BCUT2D eigenvalue weighted by molar-refractivity contribution is -0.119. The standard InChI is InChI=1S/C16H17FN2O5S/c1-10(20)18-7-13-8-19(16(21)24-13)12-2-3-14(15(17)6-12)11-4-5-25(22,23)9-11/h2-3,6,9,13H,4-5,7-8H2,1H3,(H,18,20)/t13-/m0/s1. The SMILES string of the molecule is CC(=O)NC[C@H]1CN(c2ccc(C3=CS(=O)(=O)CC3)c(F)c2)C(=O)O1. The number of nitrogens with zero attached hydrogens (tertiary/aromatic N) is 1. The lowest BCUT2D eigenvalue weighted by Gasteiger charge is -2.14. The molecule has 0 radical (unpaired) electrons. The molecular weight excluding hydrogens is 351 g/mol. The number of hydrogen-bond acceptors (Lipinski definition) is 5. The van der Waals surface area contributed by atoms with Gasteiger partial charge in [-0.1, -0.05) is 0 Å². The molecule has 2 amide bonds. The van der Waals surface area contributed by atoms with Crippen LogP contribution < -0.4 is 10.2 Å². The number of ether oxygens (including phenoxy) is 1. The Kier molecular flexibility index (Phi) is 4.51. The van der Waals surface area contributed by atoms with Gasteiger partial charge in [0.25, 0.3) is 0 Å². The molecule has 1 aromatic carbocycles. The summed E-state index contributed by atoms with van der Waals surface area (Å²) < 4.78 is 42.5. The molecule has 0 aromatic heterocycles. The molecule has 1 N–H and O–H groups in total. The first kappa shape index (κ1) is 17.4. The number of hydrogen-bond donors (Lipinski definition) is 1. The minimum atomic E-state index is -3.26. The van der Waals surface area contributed by atoms with Crippen LogP contribution in [0.4, 0.5) is 14.9 Å². The molecule has 2 aliphatic rings. The van der Waals surface area contributed by atoms with Gasteiger partial charge < -0.3 is 10.1 Å². The van der Waals surface area contributed by atoms with Crippen molar-refractivity contribution in [2.24, 2.45) is 0 Å². The molecule has 0 unspecified atom stereocenters. The van der Waals surface area contributed by atoms with Gasteiger partial charge in [-0.25, -0.2) is 17.6 Å². The molecule has 0 spiro atoms. The molecule has 1 aromatic rings. The zero-order valence-corrected chi connectivity index (χ0v) is 14.3. The van der Waals surface area contributed by atoms with E-state index in [1.807, 2.05) is 0 Å². The molecule has 1 saturated heterocycles. The van der Waals surface area contributed by atoms with Gasteiger partial charge in [0.15, 0.2) is 9.84 Å². The topological polar surface area (TPSA) is 92.8 Å². The molecule has 0 bridgehead atoms. The summed E-state index contributed by atoms with van der Waals surface area (Å²) in [7, 11) is -3.26. The highest BCUT2D eigenvalue weighted by atomic mass is 32.2. The summed E-state index contributed by atoms with van der Waals surface area (Å²) in [6, 6.07) is 4.20. The molecule has 25 heavy (non-hydrogen) atoms. The zero-order valence-electron chi connectivity index (χ0n) is 13.5. The monoisotopic (exact) mass is 368 g/mol. The van der Waals surface area contributed by atoms with Crippen molar-refractivity contribution in [2.45, 2.75) is 19.4 Å². The number of benzene rings is 1. The van der Waals surface area contributed by atoms with Crippen LogP contribution in [0.2, 0.25) is 0 Å².